The molecule has 4 aromatic rings. The fourth-order valence-electron chi connectivity index (χ4n) is 5.39. The van der Waals surface area contributed by atoms with Crippen LogP contribution in [0.3, 0.4) is 0 Å². The fraction of sp³-hybridized carbons (Fsp3) is 0.360. The van der Waals surface area contributed by atoms with E-state index in [1.807, 2.05) is 24.5 Å². The number of rotatable bonds is 5. The summed E-state index contributed by atoms with van der Waals surface area (Å²) in [5.74, 6) is 2.13. The van der Waals surface area contributed by atoms with Crippen molar-refractivity contribution in [2.75, 3.05) is 31.5 Å². The number of likely N-dealkylation sites (tertiary alicyclic amines) is 2. The molecular formula is C25H28N6O. The van der Waals surface area contributed by atoms with Crippen LogP contribution in [-0.2, 0) is 6.54 Å². The molecule has 0 spiro atoms. The van der Waals surface area contributed by atoms with Gasteiger partial charge < -0.3 is 19.6 Å². The number of H-pyrrole nitrogens is 1. The largest absolute Gasteiger partial charge is 0.464 e. The molecule has 2 aliphatic rings. The summed E-state index contributed by atoms with van der Waals surface area (Å²) in [5.41, 5.74) is 5.91. The summed E-state index contributed by atoms with van der Waals surface area (Å²) in [6.07, 6.45) is 5.01. The number of furan rings is 1. The van der Waals surface area contributed by atoms with Crippen LogP contribution in [0.5, 0.6) is 0 Å². The number of nitrogens with zero attached hydrogens (tertiary/aromatic N) is 4. The molecule has 6 rings (SSSR count). The summed E-state index contributed by atoms with van der Waals surface area (Å²) < 4.78 is 5.94. The van der Waals surface area contributed by atoms with Crippen molar-refractivity contribution in [3.8, 4) is 0 Å². The molecule has 0 radical (unpaired) electrons. The van der Waals surface area contributed by atoms with Crippen molar-refractivity contribution in [2.45, 2.75) is 19.9 Å². The lowest BCUT2D eigenvalue weighted by Crippen LogP contribution is -2.51. The van der Waals surface area contributed by atoms with Crippen LogP contribution in [0, 0.1) is 11.8 Å². The van der Waals surface area contributed by atoms with E-state index in [4.69, 9.17) is 4.42 Å². The molecule has 32 heavy (non-hydrogen) atoms. The van der Waals surface area contributed by atoms with Crippen LogP contribution >= 0.6 is 0 Å². The van der Waals surface area contributed by atoms with Gasteiger partial charge in [-0.15, -0.1) is 0 Å². The average Bonchev–Trinajstić information content (AvgIpc) is 3.36. The third-order valence-electron chi connectivity index (χ3n) is 6.77. The van der Waals surface area contributed by atoms with Crippen molar-refractivity contribution in [3.05, 3.63) is 60.6 Å². The molecule has 0 saturated carbocycles. The van der Waals surface area contributed by atoms with Gasteiger partial charge in [-0.3, -0.25) is 4.90 Å². The summed E-state index contributed by atoms with van der Waals surface area (Å²) in [7, 11) is 0. The molecule has 5 heterocycles. The van der Waals surface area contributed by atoms with E-state index in [0.29, 0.717) is 11.6 Å². The Morgan fingerprint density at radius 3 is 2.84 bits per heavy atom. The zero-order valence-electron chi connectivity index (χ0n) is 18.3. The maximum Gasteiger partial charge on any atom is 0.207 e. The second kappa shape index (κ2) is 7.67. The van der Waals surface area contributed by atoms with Crippen molar-refractivity contribution < 1.29 is 4.42 Å². The van der Waals surface area contributed by atoms with Crippen LogP contribution in [0.15, 0.2) is 59.5 Å². The Bertz CT molecular complexity index is 1240. The first-order valence-corrected chi connectivity index (χ1v) is 11.3. The van der Waals surface area contributed by atoms with Gasteiger partial charge >= 0.3 is 0 Å². The van der Waals surface area contributed by atoms with Crippen molar-refractivity contribution in [1.82, 2.24) is 24.8 Å². The minimum atomic E-state index is 0.675. The first kappa shape index (κ1) is 19.4. The van der Waals surface area contributed by atoms with Crippen molar-refractivity contribution in [2.24, 2.45) is 11.8 Å². The molecular weight excluding hydrogens is 400 g/mol. The van der Waals surface area contributed by atoms with Gasteiger partial charge in [-0.05, 0) is 49.4 Å². The fourth-order valence-corrected chi connectivity index (χ4v) is 5.39. The minimum absolute atomic E-state index is 0.675. The number of hydrogen-bond acceptors (Lipinski definition) is 6. The summed E-state index contributed by atoms with van der Waals surface area (Å²) in [6, 6.07) is 10.1. The average molecular weight is 429 g/mol. The van der Waals surface area contributed by atoms with Gasteiger partial charge in [0, 0.05) is 67.3 Å². The Balaban J connectivity index is 1.17. The van der Waals surface area contributed by atoms with E-state index in [2.05, 4.69) is 55.7 Å². The van der Waals surface area contributed by atoms with Gasteiger partial charge in [-0.25, -0.2) is 4.98 Å². The zero-order valence-corrected chi connectivity index (χ0v) is 18.3. The third-order valence-corrected chi connectivity index (χ3v) is 6.77. The Kier molecular flexibility index (Phi) is 4.64. The summed E-state index contributed by atoms with van der Waals surface area (Å²) >= 11 is 0. The van der Waals surface area contributed by atoms with Gasteiger partial charge in [0.05, 0.1) is 11.8 Å². The lowest BCUT2D eigenvalue weighted by atomic mass is 9.84. The van der Waals surface area contributed by atoms with Crippen molar-refractivity contribution in [1.29, 1.82) is 0 Å². The first-order chi connectivity index (χ1) is 15.6. The molecule has 2 unspecified atom stereocenters. The van der Waals surface area contributed by atoms with E-state index >= 15 is 0 Å². The molecule has 2 saturated heterocycles. The quantitative estimate of drug-likeness (QED) is 0.479. The molecule has 0 aliphatic carbocycles. The predicted octanol–water partition coefficient (Wildman–Crippen LogP) is 4.74. The van der Waals surface area contributed by atoms with Crippen LogP contribution in [0.25, 0.3) is 22.1 Å². The molecule has 2 N–H and O–H groups in total. The Morgan fingerprint density at radius 2 is 2.06 bits per heavy atom. The topological polar surface area (TPSA) is 73.2 Å². The predicted molar refractivity (Wildman–Crippen MR) is 127 cm³/mol. The zero-order chi connectivity index (χ0) is 21.7. The lowest BCUT2D eigenvalue weighted by Gasteiger charge is -2.46. The second-order valence-electron chi connectivity index (χ2n) is 9.36. The van der Waals surface area contributed by atoms with Crippen LogP contribution in [-0.4, -0.2) is 50.9 Å². The second-order valence-corrected chi connectivity index (χ2v) is 9.36. The standard InChI is InChI=1S/C25H28N6O/c1-16(2)31-12-17-8-18(13-31)11-30(10-17)14-19-15-32-23-9-20(5-6-21(19)23)27-25-28-22-4-3-7-26-24(22)29-25/h3-7,9,15,17-18H,1,8,10-14H2,2H3,(H2,26,27,28,29). The summed E-state index contributed by atoms with van der Waals surface area (Å²) in [6.45, 7) is 11.8. The van der Waals surface area contributed by atoms with E-state index in [1.165, 1.54) is 23.1 Å². The number of imidazole rings is 1. The highest BCUT2D eigenvalue weighted by molar-refractivity contribution is 5.85. The number of anilines is 2. The molecule has 7 heteroatoms. The third kappa shape index (κ3) is 3.62. The molecule has 1 aromatic carbocycles. The van der Waals surface area contributed by atoms with E-state index < -0.39 is 0 Å². The number of benzene rings is 1. The molecule has 2 fully saturated rings. The number of hydrogen-bond donors (Lipinski definition) is 2. The van der Waals surface area contributed by atoms with Gasteiger partial charge in [0.15, 0.2) is 5.65 Å². The molecule has 7 nitrogen and oxygen atoms in total. The Morgan fingerprint density at radius 1 is 1.22 bits per heavy atom. The minimum Gasteiger partial charge on any atom is -0.464 e. The van der Waals surface area contributed by atoms with Gasteiger partial charge in [0.1, 0.15) is 5.58 Å². The molecule has 2 aliphatic heterocycles. The number of fused-ring (bicyclic) bond motifs is 4. The van der Waals surface area contributed by atoms with Gasteiger partial charge in [-0.1, -0.05) is 6.58 Å². The van der Waals surface area contributed by atoms with E-state index in [1.54, 1.807) is 6.20 Å². The van der Waals surface area contributed by atoms with E-state index in [-0.39, 0.29) is 0 Å². The molecule has 3 aromatic heterocycles. The highest BCUT2D eigenvalue weighted by atomic mass is 16.3. The van der Waals surface area contributed by atoms with Crippen LogP contribution in [0.2, 0.25) is 0 Å². The van der Waals surface area contributed by atoms with E-state index in [0.717, 1.165) is 61.3 Å². The number of piperidine rings is 2. The number of aromatic amines is 1. The number of pyridine rings is 1. The molecule has 164 valence electrons. The Hall–Kier alpha value is -3.32. The maximum atomic E-state index is 5.94. The lowest BCUT2D eigenvalue weighted by molar-refractivity contribution is 0.0428. The SMILES string of the molecule is C=C(C)N1CC2CC(CN(Cc3coc4cc(Nc5nc6ncccc6[nH]5)ccc34)C2)C1. The highest BCUT2D eigenvalue weighted by Gasteiger charge is 2.34. The monoisotopic (exact) mass is 428 g/mol. The Labute approximate surface area is 187 Å². The van der Waals surface area contributed by atoms with Crippen LogP contribution < -0.4 is 5.32 Å². The first-order valence-electron chi connectivity index (χ1n) is 11.3. The van der Waals surface area contributed by atoms with Gasteiger partial charge in [0.25, 0.3) is 0 Å². The van der Waals surface area contributed by atoms with Gasteiger partial charge in [0.2, 0.25) is 5.95 Å². The molecule has 2 atom stereocenters. The van der Waals surface area contributed by atoms with Crippen molar-refractivity contribution in [3.63, 3.8) is 0 Å². The van der Waals surface area contributed by atoms with Crippen LogP contribution in [0.1, 0.15) is 18.9 Å². The number of nitrogens with one attached hydrogen (secondary N) is 2. The van der Waals surface area contributed by atoms with Crippen LogP contribution in [0.4, 0.5) is 11.6 Å². The number of allylic oxidation sites excluding steroid dienone is 1. The summed E-state index contributed by atoms with van der Waals surface area (Å²) in [5, 5.41) is 4.51. The smallest absolute Gasteiger partial charge is 0.207 e. The normalized spacial score (nSPS) is 21.3. The van der Waals surface area contributed by atoms with Gasteiger partial charge in [-0.2, -0.15) is 4.98 Å². The van der Waals surface area contributed by atoms with Crippen molar-refractivity contribution >= 4 is 33.8 Å². The maximum absolute atomic E-state index is 5.94. The van der Waals surface area contributed by atoms with E-state index in [9.17, 15) is 0 Å². The molecule has 2 bridgehead atoms. The number of aromatic nitrogens is 3. The summed E-state index contributed by atoms with van der Waals surface area (Å²) in [4.78, 5) is 17.1. The highest BCUT2D eigenvalue weighted by Crippen LogP contribution is 2.32. The molecule has 0 amide bonds.